The summed E-state index contributed by atoms with van der Waals surface area (Å²) < 4.78 is 5.81. The summed E-state index contributed by atoms with van der Waals surface area (Å²) in [5.41, 5.74) is 3.81. The van der Waals surface area contributed by atoms with E-state index in [1.807, 2.05) is 12.1 Å². The van der Waals surface area contributed by atoms with Crippen molar-refractivity contribution in [1.29, 1.82) is 0 Å². The molecule has 0 bridgehead atoms. The molecule has 0 spiro atoms. The quantitative estimate of drug-likeness (QED) is 0.799. The van der Waals surface area contributed by atoms with Gasteiger partial charge in [0.25, 0.3) is 11.8 Å². The highest BCUT2D eigenvalue weighted by atomic mass is 16.5. The molecule has 120 valence electrons. The highest BCUT2D eigenvalue weighted by molar-refractivity contribution is 6.28. The lowest BCUT2D eigenvalue weighted by Gasteiger charge is -2.31. The summed E-state index contributed by atoms with van der Waals surface area (Å²) in [7, 11) is 0. The fraction of sp³-hybridized carbons (Fsp3) is 0.158. The van der Waals surface area contributed by atoms with E-state index < -0.39 is 0 Å². The maximum absolute atomic E-state index is 11.8. The van der Waals surface area contributed by atoms with Crippen LogP contribution in [0.2, 0.25) is 0 Å². The molecule has 24 heavy (non-hydrogen) atoms. The van der Waals surface area contributed by atoms with Gasteiger partial charge in [-0.05, 0) is 37.3 Å². The average Bonchev–Trinajstić information content (AvgIpc) is 2.93. The van der Waals surface area contributed by atoms with Crippen molar-refractivity contribution in [2.75, 3.05) is 16.5 Å². The lowest BCUT2D eigenvalue weighted by molar-refractivity contribution is -0.119. The molecule has 0 radical (unpaired) electrons. The minimum absolute atomic E-state index is 0.313. The van der Waals surface area contributed by atoms with Gasteiger partial charge in [-0.1, -0.05) is 17.7 Å². The van der Waals surface area contributed by atoms with Gasteiger partial charge in [0.2, 0.25) is 0 Å². The molecule has 2 aliphatic heterocycles. The first-order chi connectivity index (χ1) is 11.6. The number of nitrogens with zero attached hydrogens (tertiary/aromatic N) is 2. The lowest BCUT2D eigenvalue weighted by atomic mass is 10.1. The predicted octanol–water partition coefficient (Wildman–Crippen LogP) is 2.78. The van der Waals surface area contributed by atoms with Crippen LogP contribution in [-0.2, 0) is 16.1 Å². The Balaban J connectivity index is 1.63. The van der Waals surface area contributed by atoms with E-state index in [9.17, 15) is 9.59 Å². The summed E-state index contributed by atoms with van der Waals surface area (Å²) in [6.45, 7) is 3.19. The van der Waals surface area contributed by atoms with Crippen molar-refractivity contribution in [2.45, 2.75) is 13.5 Å². The number of fused-ring (bicyclic) bond motifs is 1. The normalized spacial score (nSPS) is 16.4. The van der Waals surface area contributed by atoms with Crippen molar-refractivity contribution in [3.8, 4) is 5.75 Å². The molecule has 5 nitrogen and oxygen atoms in total. The van der Waals surface area contributed by atoms with Crippen LogP contribution in [0.25, 0.3) is 0 Å². The Morgan fingerprint density at radius 3 is 2.29 bits per heavy atom. The molecule has 0 atom stereocenters. The number of carbonyl (C=O) groups is 2. The van der Waals surface area contributed by atoms with E-state index in [0.717, 1.165) is 17.0 Å². The molecular formula is C19H16N2O3. The fourth-order valence-electron chi connectivity index (χ4n) is 2.94. The van der Waals surface area contributed by atoms with Crippen LogP contribution in [-0.4, -0.2) is 18.5 Å². The minimum atomic E-state index is -0.313. The van der Waals surface area contributed by atoms with E-state index >= 15 is 0 Å². The largest absolute Gasteiger partial charge is 0.473 e. The lowest BCUT2D eigenvalue weighted by Crippen LogP contribution is -2.33. The summed E-state index contributed by atoms with van der Waals surface area (Å²) in [5, 5.41) is 0. The van der Waals surface area contributed by atoms with Gasteiger partial charge in [-0.3, -0.25) is 9.59 Å². The molecule has 0 aromatic heterocycles. The number of carbonyl (C=O) groups excluding carboxylic acids is 2. The highest BCUT2D eigenvalue weighted by Crippen LogP contribution is 2.32. The minimum Gasteiger partial charge on any atom is -0.473 e. The molecule has 2 aromatic rings. The van der Waals surface area contributed by atoms with Crippen molar-refractivity contribution < 1.29 is 14.3 Å². The molecule has 0 fully saturated rings. The molecule has 4 rings (SSSR count). The molecule has 0 aliphatic carbocycles. The van der Waals surface area contributed by atoms with Gasteiger partial charge in [-0.25, -0.2) is 4.90 Å². The van der Waals surface area contributed by atoms with E-state index in [-0.39, 0.29) is 11.8 Å². The summed E-state index contributed by atoms with van der Waals surface area (Å²) in [6.07, 6.45) is 2.58. The zero-order valence-corrected chi connectivity index (χ0v) is 13.2. The zero-order valence-electron chi connectivity index (χ0n) is 13.2. The summed E-state index contributed by atoms with van der Waals surface area (Å²) >= 11 is 0. The van der Waals surface area contributed by atoms with Crippen molar-refractivity contribution >= 4 is 23.2 Å². The third kappa shape index (κ3) is 2.44. The van der Waals surface area contributed by atoms with Gasteiger partial charge in [0, 0.05) is 29.9 Å². The number of imide groups is 1. The van der Waals surface area contributed by atoms with Crippen LogP contribution in [0.15, 0.2) is 54.6 Å². The molecule has 2 heterocycles. The second kappa shape index (κ2) is 5.53. The number of rotatable bonds is 2. The zero-order chi connectivity index (χ0) is 16.7. The molecule has 0 N–H and O–H groups in total. The number of hydrogen-bond acceptors (Lipinski definition) is 4. The first kappa shape index (κ1) is 14.5. The van der Waals surface area contributed by atoms with Crippen LogP contribution in [0.1, 0.15) is 11.1 Å². The second-order valence-corrected chi connectivity index (χ2v) is 5.94. The maximum Gasteiger partial charge on any atom is 0.258 e. The molecule has 2 aromatic carbocycles. The second-order valence-electron chi connectivity index (χ2n) is 5.94. The Bertz CT molecular complexity index is 837. The van der Waals surface area contributed by atoms with Crippen LogP contribution >= 0.6 is 0 Å². The Hall–Kier alpha value is -3.08. The van der Waals surface area contributed by atoms with Crippen molar-refractivity contribution in [3.63, 3.8) is 0 Å². The van der Waals surface area contributed by atoms with Crippen LogP contribution < -0.4 is 14.5 Å². The first-order valence-corrected chi connectivity index (χ1v) is 7.75. The van der Waals surface area contributed by atoms with Crippen molar-refractivity contribution in [2.24, 2.45) is 0 Å². The third-order valence-corrected chi connectivity index (χ3v) is 4.25. The molecule has 2 amide bonds. The van der Waals surface area contributed by atoms with Gasteiger partial charge in [0.15, 0.2) is 6.73 Å². The van der Waals surface area contributed by atoms with E-state index in [2.05, 4.69) is 36.1 Å². The topological polar surface area (TPSA) is 49.9 Å². The number of hydrogen-bond donors (Lipinski definition) is 0. The van der Waals surface area contributed by atoms with Gasteiger partial charge < -0.3 is 9.64 Å². The molecule has 0 unspecified atom stereocenters. The molecule has 2 aliphatic rings. The van der Waals surface area contributed by atoms with Gasteiger partial charge in [-0.2, -0.15) is 0 Å². The van der Waals surface area contributed by atoms with Crippen LogP contribution in [0, 0.1) is 6.92 Å². The van der Waals surface area contributed by atoms with Crippen molar-refractivity contribution in [1.82, 2.24) is 0 Å². The maximum atomic E-state index is 11.8. The van der Waals surface area contributed by atoms with Crippen LogP contribution in [0.5, 0.6) is 5.75 Å². The third-order valence-electron chi connectivity index (χ3n) is 4.25. The summed E-state index contributed by atoms with van der Waals surface area (Å²) in [4.78, 5) is 27.0. The van der Waals surface area contributed by atoms with E-state index in [1.165, 1.54) is 22.6 Å². The van der Waals surface area contributed by atoms with Crippen LogP contribution in [0.3, 0.4) is 0 Å². The van der Waals surface area contributed by atoms with Gasteiger partial charge >= 0.3 is 0 Å². The Morgan fingerprint density at radius 2 is 1.58 bits per heavy atom. The van der Waals surface area contributed by atoms with E-state index in [1.54, 1.807) is 6.07 Å². The first-order valence-electron chi connectivity index (χ1n) is 7.75. The summed E-state index contributed by atoms with van der Waals surface area (Å²) in [5.74, 6) is 0.160. The number of anilines is 2. The molecular weight excluding hydrogens is 304 g/mol. The fourth-order valence-corrected chi connectivity index (χ4v) is 2.94. The summed E-state index contributed by atoms with van der Waals surface area (Å²) in [6, 6.07) is 13.6. The highest BCUT2D eigenvalue weighted by Gasteiger charge is 2.27. The monoisotopic (exact) mass is 320 g/mol. The number of benzene rings is 2. The number of aryl methyl sites for hydroxylation is 1. The Labute approximate surface area is 139 Å². The van der Waals surface area contributed by atoms with E-state index in [0.29, 0.717) is 19.0 Å². The average molecular weight is 320 g/mol. The number of amides is 2. The van der Waals surface area contributed by atoms with Crippen LogP contribution in [0.4, 0.5) is 11.4 Å². The van der Waals surface area contributed by atoms with Gasteiger partial charge in [-0.15, -0.1) is 0 Å². The molecule has 0 saturated heterocycles. The number of ether oxygens (including phenoxy) is 1. The smallest absolute Gasteiger partial charge is 0.258 e. The van der Waals surface area contributed by atoms with Crippen molar-refractivity contribution in [3.05, 3.63) is 65.7 Å². The van der Waals surface area contributed by atoms with Gasteiger partial charge in [0.1, 0.15) is 5.75 Å². The molecule has 5 heteroatoms. The molecule has 0 saturated carbocycles. The SMILES string of the molecule is Cc1ccc(N2COc3ccc(N4C(=O)C=CC4=O)cc3C2)cc1. The Kier molecular flexibility index (Phi) is 3.34. The predicted molar refractivity (Wildman–Crippen MR) is 90.9 cm³/mol. The standard InChI is InChI=1S/C19H16N2O3/c1-13-2-4-15(5-3-13)20-11-14-10-16(6-7-17(14)24-12-20)21-18(22)8-9-19(21)23/h2-10H,11-12H2,1H3. The van der Waals surface area contributed by atoms with Gasteiger partial charge in [0.05, 0.1) is 5.69 Å². The van der Waals surface area contributed by atoms with E-state index in [4.69, 9.17) is 4.74 Å². The Morgan fingerprint density at radius 1 is 0.917 bits per heavy atom.